The summed E-state index contributed by atoms with van der Waals surface area (Å²) in [5.74, 6) is 0. The van der Waals surface area contributed by atoms with Gasteiger partial charge in [0.1, 0.15) is 0 Å². The molecule has 15 heavy (non-hydrogen) atoms. The van der Waals surface area contributed by atoms with Crippen molar-refractivity contribution in [2.24, 2.45) is 0 Å². The van der Waals surface area contributed by atoms with Crippen LogP contribution in [0.15, 0.2) is 0 Å². The van der Waals surface area contributed by atoms with Gasteiger partial charge in [-0.3, -0.25) is 0 Å². The van der Waals surface area contributed by atoms with Crippen LogP contribution in [-0.2, 0) is 9.47 Å². The highest BCUT2D eigenvalue weighted by Gasteiger charge is 2.02. The van der Waals surface area contributed by atoms with Gasteiger partial charge in [-0.15, -0.1) is 0 Å². The van der Waals surface area contributed by atoms with E-state index in [4.69, 9.17) is 9.47 Å². The van der Waals surface area contributed by atoms with Crippen LogP contribution in [0, 0.1) is 0 Å². The van der Waals surface area contributed by atoms with Crippen LogP contribution in [-0.4, -0.2) is 31.2 Å². The van der Waals surface area contributed by atoms with Crippen LogP contribution < -0.4 is 0 Å². The lowest BCUT2D eigenvalue weighted by atomic mass is 10.2. The van der Waals surface area contributed by atoms with Gasteiger partial charge in [-0.2, -0.15) is 0 Å². The Bertz CT molecular complexity index is 117. The van der Waals surface area contributed by atoms with E-state index in [-0.39, 0.29) is 0 Å². The average molecular weight is 218 g/mol. The summed E-state index contributed by atoms with van der Waals surface area (Å²) in [6.45, 7) is 6.17. The monoisotopic (exact) mass is 218 g/mol. The van der Waals surface area contributed by atoms with Crippen LogP contribution >= 0.6 is 0 Å². The second-order valence-electron chi connectivity index (χ2n) is 3.79. The first kappa shape index (κ1) is 14.9. The summed E-state index contributed by atoms with van der Waals surface area (Å²) in [6.07, 6.45) is 5.75. The van der Waals surface area contributed by atoms with E-state index < -0.39 is 6.29 Å². The van der Waals surface area contributed by atoms with Gasteiger partial charge in [0.25, 0.3) is 0 Å². The van der Waals surface area contributed by atoms with Gasteiger partial charge in [0, 0.05) is 6.61 Å². The molecule has 0 saturated carbocycles. The number of hydrogen-bond acceptors (Lipinski definition) is 3. The molecule has 0 amide bonds. The Morgan fingerprint density at radius 1 is 0.933 bits per heavy atom. The van der Waals surface area contributed by atoms with Crippen molar-refractivity contribution in [3.8, 4) is 0 Å². The number of rotatable bonds is 11. The van der Waals surface area contributed by atoms with Crippen molar-refractivity contribution in [1.82, 2.24) is 0 Å². The van der Waals surface area contributed by atoms with E-state index in [1.807, 2.05) is 0 Å². The molecular formula is C12H26O3. The largest absolute Gasteiger partial charge is 0.379 e. The molecule has 0 heterocycles. The van der Waals surface area contributed by atoms with E-state index in [9.17, 15) is 5.11 Å². The van der Waals surface area contributed by atoms with Crippen LogP contribution in [0.2, 0.25) is 0 Å². The molecule has 0 rings (SSSR count). The maximum Gasteiger partial charge on any atom is 0.154 e. The molecule has 0 spiro atoms. The molecule has 0 aromatic heterocycles. The minimum absolute atomic E-state index is 0.497. The summed E-state index contributed by atoms with van der Waals surface area (Å²) in [5, 5.41) is 9.40. The third kappa shape index (κ3) is 11.8. The molecule has 0 aromatic carbocycles. The first-order chi connectivity index (χ1) is 7.31. The first-order valence-corrected chi connectivity index (χ1v) is 6.18. The Kier molecular flexibility index (Phi) is 11.9. The highest BCUT2D eigenvalue weighted by Crippen LogP contribution is 2.04. The molecule has 0 radical (unpaired) electrons. The van der Waals surface area contributed by atoms with Gasteiger partial charge >= 0.3 is 0 Å². The van der Waals surface area contributed by atoms with Crippen LogP contribution in [0.25, 0.3) is 0 Å². The van der Waals surface area contributed by atoms with Crippen molar-refractivity contribution in [2.75, 3.05) is 19.8 Å². The zero-order chi connectivity index (χ0) is 11.4. The van der Waals surface area contributed by atoms with Crippen LogP contribution in [0.1, 0.15) is 52.4 Å². The fraction of sp³-hybridized carbons (Fsp3) is 1.00. The molecule has 3 nitrogen and oxygen atoms in total. The van der Waals surface area contributed by atoms with E-state index in [0.29, 0.717) is 13.2 Å². The van der Waals surface area contributed by atoms with Crippen LogP contribution in [0.3, 0.4) is 0 Å². The van der Waals surface area contributed by atoms with Crippen molar-refractivity contribution < 1.29 is 14.6 Å². The lowest BCUT2D eigenvalue weighted by Gasteiger charge is -2.11. The Morgan fingerprint density at radius 2 is 1.67 bits per heavy atom. The minimum Gasteiger partial charge on any atom is -0.379 e. The number of aliphatic hydroxyl groups excluding tert-OH is 1. The van der Waals surface area contributed by atoms with Gasteiger partial charge in [-0.1, -0.05) is 33.1 Å². The smallest absolute Gasteiger partial charge is 0.154 e. The maximum atomic E-state index is 9.40. The van der Waals surface area contributed by atoms with Crippen molar-refractivity contribution in [3.05, 3.63) is 0 Å². The molecule has 0 aromatic rings. The number of unbranched alkanes of at least 4 members (excludes halogenated alkanes) is 3. The third-order valence-corrected chi connectivity index (χ3v) is 2.23. The van der Waals surface area contributed by atoms with Crippen molar-refractivity contribution in [1.29, 1.82) is 0 Å². The van der Waals surface area contributed by atoms with E-state index in [2.05, 4.69) is 13.8 Å². The fourth-order valence-corrected chi connectivity index (χ4v) is 1.24. The van der Waals surface area contributed by atoms with Gasteiger partial charge in [-0.25, -0.2) is 0 Å². The summed E-state index contributed by atoms with van der Waals surface area (Å²) in [6, 6.07) is 0. The molecule has 0 fully saturated rings. The Labute approximate surface area is 93.8 Å². The Hall–Kier alpha value is -0.120. The predicted molar refractivity (Wildman–Crippen MR) is 61.8 cm³/mol. The van der Waals surface area contributed by atoms with Gasteiger partial charge in [0.15, 0.2) is 6.29 Å². The second kappa shape index (κ2) is 12.0. The van der Waals surface area contributed by atoms with E-state index >= 15 is 0 Å². The lowest BCUT2D eigenvalue weighted by Crippen LogP contribution is -2.15. The highest BCUT2D eigenvalue weighted by molar-refractivity contribution is 4.44. The van der Waals surface area contributed by atoms with Crippen LogP contribution in [0.4, 0.5) is 0 Å². The Morgan fingerprint density at radius 3 is 2.33 bits per heavy atom. The number of hydrogen-bond donors (Lipinski definition) is 1. The lowest BCUT2D eigenvalue weighted by molar-refractivity contribution is -0.116. The molecule has 92 valence electrons. The van der Waals surface area contributed by atoms with Crippen molar-refractivity contribution in [2.45, 2.75) is 58.7 Å². The van der Waals surface area contributed by atoms with Gasteiger partial charge in [-0.05, 0) is 19.3 Å². The van der Waals surface area contributed by atoms with Gasteiger partial charge in [0.05, 0.1) is 13.2 Å². The molecule has 0 aliphatic heterocycles. The summed E-state index contributed by atoms with van der Waals surface area (Å²) in [4.78, 5) is 0. The molecular weight excluding hydrogens is 192 g/mol. The summed E-state index contributed by atoms with van der Waals surface area (Å²) in [7, 11) is 0. The first-order valence-electron chi connectivity index (χ1n) is 6.18. The standard InChI is InChI=1S/C12H26O3/c1-3-5-7-8-12(13)15-11-10-14-9-6-4-2/h12-13H,3-11H2,1-2H3. The van der Waals surface area contributed by atoms with Crippen molar-refractivity contribution in [3.63, 3.8) is 0 Å². The maximum absolute atomic E-state index is 9.40. The predicted octanol–water partition coefficient (Wildman–Crippen LogP) is 2.72. The third-order valence-electron chi connectivity index (χ3n) is 2.23. The topological polar surface area (TPSA) is 38.7 Å². The zero-order valence-corrected chi connectivity index (χ0v) is 10.2. The summed E-state index contributed by atoms with van der Waals surface area (Å²) < 4.78 is 10.5. The van der Waals surface area contributed by atoms with Crippen molar-refractivity contribution >= 4 is 0 Å². The van der Waals surface area contributed by atoms with Crippen LogP contribution in [0.5, 0.6) is 0 Å². The minimum atomic E-state index is -0.605. The molecule has 0 bridgehead atoms. The molecule has 1 N–H and O–H groups in total. The van der Waals surface area contributed by atoms with E-state index in [0.717, 1.165) is 38.7 Å². The van der Waals surface area contributed by atoms with E-state index in [1.54, 1.807) is 0 Å². The Balaban J connectivity index is 3.06. The number of ether oxygens (including phenoxy) is 2. The van der Waals surface area contributed by atoms with Gasteiger partial charge < -0.3 is 14.6 Å². The van der Waals surface area contributed by atoms with E-state index in [1.165, 1.54) is 6.42 Å². The molecule has 3 heteroatoms. The quantitative estimate of drug-likeness (QED) is 0.428. The SMILES string of the molecule is CCCCCC(O)OCCOCCCC. The second-order valence-corrected chi connectivity index (χ2v) is 3.79. The summed E-state index contributed by atoms with van der Waals surface area (Å²) >= 11 is 0. The zero-order valence-electron chi connectivity index (χ0n) is 10.2. The molecule has 0 aliphatic carbocycles. The molecule has 0 saturated heterocycles. The molecule has 0 aliphatic rings. The average Bonchev–Trinajstić information content (AvgIpc) is 2.23. The molecule has 1 unspecified atom stereocenters. The molecule has 1 atom stereocenters. The summed E-state index contributed by atoms with van der Waals surface area (Å²) in [5.41, 5.74) is 0. The normalized spacial score (nSPS) is 13.0. The van der Waals surface area contributed by atoms with Gasteiger partial charge in [0.2, 0.25) is 0 Å². The number of aliphatic hydroxyl groups is 1. The fourth-order valence-electron chi connectivity index (χ4n) is 1.24. The highest BCUT2D eigenvalue weighted by atomic mass is 16.6.